The third-order valence-corrected chi connectivity index (χ3v) is 2.06. The van der Waals surface area contributed by atoms with Gasteiger partial charge in [-0.1, -0.05) is 13.8 Å². The maximum atomic E-state index is 10.7. The minimum Gasteiger partial charge on any atom is -0.299 e. The van der Waals surface area contributed by atoms with E-state index in [-0.39, 0.29) is 0 Å². The van der Waals surface area contributed by atoms with Crippen molar-refractivity contribution in [3.63, 3.8) is 0 Å². The molecule has 0 aromatic heterocycles. The van der Waals surface area contributed by atoms with Crippen molar-refractivity contribution in [3.8, 4) is 0 Å². The first-order chi connectivity index (χ1) is 3.75. The zero-order valence-corrected chi connectivity index (χ0v) is 5.48. The largest absolute Gasteiger partial charge is 0.299 e. The summed E-state index contributed by atoms with van der Waals surface area (Å²) < 4.78 is 0. The number of carbonyl (C=O) groups excluding carboxylic acids is 1. The van der Waals surface area contributed by atoms with E-state index in [1.54, 1.807) is 0 Å². The van der Waals surface area contributed by atoms with Gasteiger partial charge in [-0.3, -0.25) is 4.79 Å². The van der Waals surface area contributed by atoms with Crippen molar-refractivity contribution in [1.29, 1.82) is 0 Å². The second-order valence-electron chi connectivity index (χ2n) is 2.66. The molecule has 0 aromatic rings. The number of hydrogen-bond acceptors (Lipinski definition) is 1. The summed E-state index contributed by atoms with van der Waals surface area (Å²) in [6.45, 7) is 4.23. The van der Waals surface area contributed by atoms with Gasteiger partial charge in [0.2, 0.25) is 0 Å². The molecule has 1 aliphatic carbocycles. The molecule has 1 aliphatic rings. The second-order valence-corrected chi connectivity index (χ2v) is 2.66. The standard InChI is InChI=1S/C7H12O/c1-3-6-5(2)4-7(6)8/h5-6H,3-4H2,1-2H3. The molecule has 2 unspecified atom stereocenters. The Morgan fingerprint density at radius 2 is 2.38 bits per heavy atom. The predicted molar refractivity (Wildman–Crippen MR) is 32.6 cm³/mol. The molecule has 0 radical (unpaired) electrons. The Labute approximate surface area is 50.1 Å². The van der Waals surface area contributed by atoms with Crippen molar-refractivity contribution in [3.05, 3.63) is 0 Å². The van der Waals surface area contributed by atoms with Crippen molar-refractivity contribution < 1.29 is 4.79 Å². The molecule has 0 spiro atoms. The summed E-state index contributed by atoms with van der Waals surface area (Å²) in [5, 5.41) is 0. The topological polar surface area (TPSA) is 17.1 Å². The van der Waals surface area contributed by atoms with E-state index in [0.29, 0.717) is 17.6 Å². The molecule has 0 amide bonds. The van der Waals surface area contributed by atoms with Gasteiger partial charge in [0.1, 0.15) is 5.78 Å². The average molecular weight is 112 g/mol. The van der Waals surface area contributed by atoms with Crippen molar-refractivity contribution in [2.75, 3.05) is 0 Å². The Morgan fingerprint density at radius 3 is 2.50 bits per heavy atom. The lowest BCUT2D eigenvalue weighted by atomic mass is 9.72. The van der Waals surface area contributed by atoms with Crippen LogP contribution in [0.5, 0.6) is 0 Å². The lowest BCUT2D eigenvalue weighted by Crippen LogP contribution is -2.34. The minimum atomic E-state index is 0.412. The van der Waals surface area contributed by atoms with E-state index in [2.05, 4.69) is 13.8 Å². The maximum absolute atomic E-state index is 10.7. The molecule has 1 heteroatoms. The molecule has 8 heavy (non-hydrogen) atoms. The summed E-state index contributed by atoms with van der Waals surface area (Å²) in [6.07, 6.45) is 1.87. The van der Waals surface area contributed by atoms with Crippen LogP contribution in [0, 0.1) is 11.8 Å². The highest BCUT2D eigenvalue weighted by Gasteiger charge is 2.33. The quantitative estimate of drug-likeness (QED) is 0.503. The van der Waals surface area contributed by atoms with Crippen LogP contribution in [0.2, 0.25) is 0 Å². The van der Waals surface area contributed by atoms with Gasteiger partial charge in [0.25, 0.3) is 0 Å². The van der Waals surface area contributed by atoms with Gasteiger partial charge >= 0.3 is 0 Å². The Bertz CT molecular complexity index is 107. The third-order valence-electron chi connectivity index (χ3n) is 2.06. The first kappa shape index (κ1) is 5.80. The van der Waals surface area contributed by atoms with Crippen LogP contribution in [0.15, 0.2) is 0 Å². The van der Waals surface area contributed by atoms with Gasteiger partial charge in [-0.05, 0) is 12.3 Å². The molecule has 0 heterocycles. The number of ketones is 1. The lowest BCUT2D eigenvalue weighted by molar-refractivity contribution is -0.133. The zero-order valence-electron chi connectivity index (χ0n) is 5.48. The van der Waals surface area contributed by atoms with Crippen molar-refractivity contribution >= 4 is 5.78 Å². The highest BCUT2D eigenvalue weighted by Crippen LogP contribution is 2.31. The molecule has 1 rings (SSSR count). The van der Waals surface area contributed by atoms with Crippen LogP contribution in [0.25, 0.3) is 0 Å². The molecule has 1 saturated carbocycles. The molecule has 1 fully saturated rings. The molecule has 0 aliphatic heterocycles. The summed E-state index contributed by atoms with van der Waals surface area (Å²) in [7, 11) is 0. The van der Waals surface area contributed by atoms with E-state index in [9.17, 15) is 4.79 Å². The van der Waals surface area contributed by atoms with Gasteiger partial charge in [-0.25, -0.2) is 0 Å². The van der Waals surface area contributed by atoms with Gasteiger partial charge in [0.05, 0.1) is 0 Å². The fourth-order valence-electron chi connectivity index (χ4n) is 1.40. The van der Waals surface area contributed by atoms with Gasteiger partial charge in [0, 0.05) is 12.3 Å². The molecule has 2 atom stereocenters. The third kappa shape index (κ3) is 0.662. The highest BCUT2D eigenvalue weighted by atomic mass is 16.1. The minimum absolute atomic E-state index is 0.412. The van der Waals surface area contributed by atoms with Crippen LogP contribution >= 0.6 is 0 Å². The van der Waals surface area contributed by atoms with Crippen LogP contribution in [-0.2, 0) is 4.79 Å². The van der Waals surface area contributed by atoms with Crippen LogP contribution in [0.4, 0.5) is 0 Å². The zero-order chi connectivity index (χ0) is 6.15. The number of carbonyl (C=O) groups is 1. The SMILES string of the molecule is CCC1C(=O)CC1C. The highest BCUT2D eigenvalue weighted by molar-refractivity contribution is 5.87. The Hall–Kier alpha value is -0.330. The van der Waals surface area contributed by atoms with Crippen LogP contribution in [-0.4, -0.2) is 5.78 Å². The smallest absolute Gasteiger partial charge is 0.136 e. The van der Waals surface area contributed by atoms with E-state index in [1.807, 2.05) is 0 Å². The number of Topliss-reactive ketones (excluding diaryl/α,β-unsaturated/α-hetero) is 1. The van der Waals surface area contributed by atoms with Gasteiger partial charge < -0.3 is 0 Å². The Morgan fingerprint density at radius 1 is 1.75 bits per heavy atom. The van der Waals surface area contributed by atoms with Gasteiger partial charge in [-0.2, -0.15) is 0 Å². The second kappa shape index (κ2) is 1.88. The van der Waals surface area contributed by atoms with Crippen LogP contribution < -0.4 is 0 Å². The van der Waals surface area contributed by atoms with Crippen LogP contribution in [0.1, 0.15) is 26.7 Å². The van der Waals surface area contributed by atoms with Crippen molar-refractivity contribution in [1.82, 2.24) is 0 Å². The van der Waals surface area contributed by atoms with Gasteiger partial charge in [-0.15, -0.1) is 0 Å². The van der Waals surface area contributed by atoms with E-state index < -0.39 is 0 Å². The summed E-state index contributed by atoms with van der Waals surface area (Å²) in [4.78, 5) is 10.7. The summed E-state index contributed by atoms with van der Waals surface area (Å²) >= 11 is 0. The molecular formula is C7H12O. The number of hydrogen-bond donors (Lipinski definition) is 0. The van der Waals surface area contributed by atoms with E-state index >= 15 is 0 Å². The monoisotopic (exact) mass is 112 g/mol. The molecule has 1 nitrogen and oxygen atoms in total. The normalized spacial score (nSPS) is 37.0. The van der Waals surface area contributed by atoms with Crippen molar-refractivity contribution in [2.45, 2.75) is 26.7 Å². The van der Waals surface area contributed by atoms with Gasteiger partial charge in [0.15, 0.2) is 0 Å². The summed E-state index contributed by atoms with van der Waals surface area (Å²) in [6, 6.07) is 0. The van der Waals surface area contributed by atoms with E-state index in [0.717, 1.165) is 12.8 Å². The Balaban J connectivity index is 2.40. The number of rotatable bonds is 1. The first-order valence-corrected chi connectivity index (χ1v) is 3.28. The molecule has 0 saturated heterocycles. The van der Waals surface area contributed by atoms with E-state index in [1.165, 1.54) is 0 Å². The lowest BCUT2D eigenvalue weighted by Gasteiger charge is -2.30. The summed E-state index contributed by atoms with van der Waals surface area (Å²) in [5.74, 6) is 1.56. The molecule has 0 N–H and O–H groups in total. The molecule has 0 aromatic carbocycles. The molecular weight excluding hydrogens is 100 g/mol. The average Bonchev–Trinajstić information content (AvgIpc) is 1.67. The molecule has 46 valence electrons. The van der Waals surface area contributed by atoms with Crippen LogP contribution in [0.3, 0.4) is 0 Å². The van der Waals surface area contributed by atoms with Crippen molar-refractivity contribution in [2.24, 2.45) is 11.8 Å². The molecule has 0 bridgehead atoms. The Kier molecular flexibility index (Phi) is 1.37. The fourth-order valence-corrected chi connectivity index (χ4v) is 1.40. The maximum Gasteiger partial charge on any atom is 0.136 e. The fraction of sp³-hybridized carbons (Fsp3) is 0.857. The van der Waals surface area contributed by atoms with E-state index in [4.69, 9.17) is 0 Å². The first-order valence-electron chi connectivity index (χ1n) is 3.28. The predicted octanol–water partition coefficient (Wildman–Crippen LogP) is 1.62. The summed E-state index contributed by atoms with van der Waals surface area (Å²) in [5.41, 5.74) is 0.